The highest BCUT2D eigenvalue weighted by Crippen LogP contribution is 2.26. The molecule has 1 amide bonds. The van der Waals surface area contributed by atoms with E-state index >= 15 is 0 Å². The zero-order valence-electron chi connectivity index (χ0n) is 11.3. The Hall–Kier alpha value is -2.23. The van der Waals surface area contributed by atoms with Crippen LogP contribution in [0.4, 0.5) is 5.69 Å². The van der Waals surface area contributed by atoms with Crippen LogP contribution in [0.25, 0.3) is 0 Å². The molecule has 0 saturated heterocycles. The highest BCUT2D eigenvalue weighted by molar-refractivity contribution is 6.05. The highest BCUT2D eigenvalue weighted by Gasteiger charge is 2.22. The molecule has 3 rings (SSSR count). The number of nitrogens with zero attached hydrogens (tertiary/aromatic N) is 3. The van der Waals surface area contributed by atoms with Gasteiger partial charge in [0.05, 0.1) is 6.20 Å². The fourth-order valence-corrected chi connectivity index (χ4v) is 2.63. The zero-order chi connectivity index (χ0) is 13.8. The first-order valence-corrected chi connectivity index (χ1v) is 7.02. The van der Waals surface area contributed by atoms with Gasteiger partial charge < -0.3 is 4.90 Å². The Bertz CT molecular complexity index is 598. The molecule has 0 radical (unpaired) electrons. The fraction of sp³-hybridized carbons (Fsp3) is 0.312. The van der Waals surface area contributed by atoms with Crippen LogP contribution in [-0.4, -0.2) is 22.4 Å². The molecule has 2 heterocycles. The maximum absolute atomic E-state index is 12.7. The number of fused-ring (bicyclic) bond motifs is 1. The zero-order valence-corrected chi connectivity index (χ0v) is 11.3. The van der Waals surface area contributed by atoms with E-state index in [9.17, 15) is 4.79 Å². The molecule has 0 fully saturated rings. The normalized spacial score (nSPS) is 15.1. The summed E-state index contributed by atoms with van der Waals surface area (Å²) in [4.78, 5) is 22.6. The monoisotopic (exact) mass is 267 g/mol. The molecule has 1 aliphatic rings. The van der Waals surface area contributed by atoms with Crippen LogP contribution in [0.2, 0.25) is 0 Å². The van der Waals surface area contributed by atoms with Crippen molar-refractivity contribution in [2.24, 2.45) is 0 Å². The summed E-state index contributed by atoms with van der Waals surface area (Å²) in [6, 6.07) is 8.15. The van der Waals surface area contributed by atoms with Crippen LogP contribution < -0.4 is 4.90 Å². The average molecular weight is 267 g/mol. The molecule has 20 heavy (non-hydrogen) atoms. The summed E-state index contributed by atoms with van der Waals surface area (Å²) < 4.78 is 0. The number of anilines is 1. The van der Waals surface area contributed by atoms with E-state index in [-0.39, 0.29) is 5.91 Å². The van der Waals surface area contributed by atoms with Gasteiger partial charge in [-0.05, 0) is 30.9 Å². The Balaban J connectivity index is 1.98. The summed E-state index contributed by atoms with van der Waals surface area (Å²) in [6.45, 7) is 0.742. The second-order valence-corrected chi connectivity index (χ2v) is 4.99. The van der Waals surface area contributed by atoms with Gasteiger partial charge in [-0.25, -0.2) is 4.98 Å². The number of rotatable bonds is 1. The van der Waals surface area contributed by atoms with Crippen molar-refractivity contribution in [3.8, 4) is 0 Å². The van der Waals surface area contributed by atoms with Crippen molar-refractivity contribution in [3.05, 3.63) is 54.1 Å². The van der Waals surface area contributed by atoms with Gasteiger partial charge >= 0.3 is 0 Å². The topological polar surface area (TPSA) is 46.1 Å². The Morgan fingerprint density at radius 1 is 1.10 bits per heavy atom. The Morgan fingerprint density at radius 2 is 2.00 bits per heavy atom. The standard InChI is InChI=1S/C16H17N3O/c20-16(14-12-17-9-10-18-14)19-11-5-1-2-6-13-7-3-4-8-15(13)19/h3-4,7-10,12H,1-2,5-6,11H2. The molecule has 0 atom stereocenters. The number of amides is 1. The summed E-state index contributed by atoms with van der Waals surface area (Å²) in [5, 5.41) is 0. The fourth-order valence-electron chi connectivity index (χ4n) is 2.63. The molecule has 0 N–H and O–H groups in total. The van der Waals surface area contributed by atoms with E-state index in [1.54, 1.807) is 12.4 Å². The second-order valence-electron chi connectivity index (χ2n) is 4.99. The van der Waals surface area contributed by atoms with Gasteiger partial charge in [-0.15, -0.1) is 0 Å². The predicted octanol–water partition coefficient (Wildman–Crippen LogP) is 2.85. The number of aromatic nitrogens is 2. The minimum atomic E-state index is -0.0625. The molecular formula is C16H17N3O. The molecule has 1 aromatic carbocycles. The van der Waals surface area contributed by atoms with Crippen molar-refractivity contribution in [2.45, 2.75) is 25.7 Å². The third-order valence-corrected chi connectivity index (χ3v) is 3.64. The minimum absolute atomic E-state index is 0.0625. The molecule has 0 spiro atoms. The van der Waals surface area contributed by atoms with Gasteiger partial charge in [-0.3, -0.25) is 9.78 Å². The first-order chi connectivity index (χ1) is 9.86. The van der Waals surface area contributed by atoms with Gasteiger partial charge in [-0.2, -0.15) is 0 Å². The Labute approximate surface area is 118 Å². The molecule has 102 valence electrons. The molecule has 0 saturated carbocycles. The van der Waals surface area contributed by atoms with E-state index in [0.29, 0.717) is 5.69 Å². The molecule has 4 heteroatoms. The number of aryl methyl sites for hydroxylation is 1. The lowest BCUT2D eigenvalue weighted by Gasteiger charge is -2.27. The molecule has 0 aliphatic carbocycles. The van der Waals surface area contributed by atoms with Crippen molar-refractivity contribution in [3.63, 3.8) is 0 Å². The lowest BCUT2D eigenvalue weighted by molar-refractivity contribution is 0.0980. The van der Waals surface area contributed by atoms with Crippen molar-refractivity contribution in [2.75, 3.05) is 11.4 Å². The predicted molar refractivity (Wildman–Crippen MR) is 77.7 cm³/mol. The van der Waals surface area contributed by atoms with E-state index in [1.807, 2.05) is 23.1 Å². The number of carbonyl (C=O) groups excluding carboxylic acids is 1. The van der Waals surface area contributed by atoms with Gasteiger partial charge in [0.1, 0.15) is 5.69 Å². The summed E-state index contributed by atoms with van der Waals surface area (Å²) >= 11 is 0. The SMILES string of the molecule is O=C(c1cnccn1)N1CCCCCc2ccccc21. The maximum Gasteiger partial charge on any atom is 0.278 e. The maximum atomic E-state index is 12.7. The smallest absolute Gasteiger partial charge is 0.278 e. The van der Waals surface area contributed by atoms with E-state index in [4.69, 9.17) is 0 Å². The molecule has 4 nitrogen and oxygen atoms in total. The van der Waals surface area contributed by atoms with Crippen LogP contribution >= 0.6 is 0 Å². The first-order valence-electron chi connectivity index (χ1n) is 7.02. The second kappa shape index (κ2) is 5.82. The minimum Gasteiger partial charge on any atom is -0.307 e. The average Bonchev–Trinajstić information content (AvgIpc) is 2.49. The lowest BCUT2D eigenvalue weighted by Crippen LogP contribution is -2.34. The number of para-hydroxylation sites is 1. The van der Waals surface area contributed by atoms with Crippen molar-refractivity contribution in [1.29, 1.82) is 0 Å². The number of benzene rings is 1. The molecule has 1 aromatic heterocycles. The van der Waals surface area contributed by atoms with Crippen LogP contribution in [0.5, 0.6) is 0 Å². The van der Waals surface area contributed by atoms with E-state index in [2.05, 4.69) is 16.0 Å². The molecular weight excluding hydrogens is 250 g/mol. The molecule has 0 unspecified atom stereocenters. The van der Waals surface area contributed by atoms with Crippen LogP contribution in [0.1, 0.15) is 35.3 Å². The summed E-state index contributed by atoms with van der Waals surface area (Å²) in [6.07, 6.45) is 9.06. The number of carbonyl (C=O) groups is 1. The Kier molecular flexibility index (Phi) is 3.72. The van der Waals surface area contributed by atoms with Crippen molar-refractivity contribution >= 4 is 11.6 Å². The molecule has 2 aromatic rings. The van der Waals surface area contributed by atoms with Gasteiger partial charge in [-0.1, -0.05) is 24.6 Å². The summed E-state index contributed by atoms with van der Waals surface area (Å²) in [7, 11) is 0. The van der Waals surface area contributed by atoms with Crippen LogP contribution in [0, 0.1) is 0 Å². The van der Waals surface area contributed by atoms with Crippen molar-refractivity contribution in [1.82, 2.24) is 9.97 Å². The summed E-state index contributed by atoms with van der Waals surface area (Å²) in [5.74, 6) is -0.0625. The van der Waals surface area contributed by atoms with Gasteiger partial charge in [0.2, 0.25) is 0 Å². The van der Waals surface area contributed by atoms with Crippen molar-refractivity contribution < 1.29 is 4.79 Å². The first kappa shape index (κ1) is 12.8. The highest BCUT2D eigenvalue weighted by atomic mass is 16.2. The largest absolute Gasteiger partial charge is 0.307 e. The number of hydrogen-bond acceptors (Lipinski definition) is 3. The van der Waals surface area contributed by atoms with Gasteiger partial charge in [0.15, 0.2) is 0 Å². The number of hydrogen-bond donors (Lipinski definition) is 0. The van der Waals surface area contributed by atoms with Crippen LogP contribution in [0.15, 0.2) is 42.9 Å². The molecule has 1 aliphatic heterocycles. The lowest BCUT2D eigenvalue weighted by atomic mass is 10.0. The van der Waals surface area contributed by atoms with E-state index in [0.717, 1.165) is 31.5 Å². The van der Waals surface area contributed by atoms with Gasteiger partial charge in [0.25, 0.3) is 5.91 Å². The van der Waals surface area contributed by atoms with Gasteiger partial charge in [0, 0.05) is 24.6 Å². The Morgan fingerprint density at radius 3 is 2.85 bits per heavy atom. The summed E-state index contributed by atoms with van der Waals surface area (Å²) in [5.41, 5.74) is 2.66. The third-order valence-electron chi connectivity index (χ3n) is 3.64. The van der Waals surface area contributed by atoms with E-state index < -0.39 is 0 Å². The van der Waals surface area contributed by atoms with Crippen LogP contribution in [0.3, 0.4) is 0 Å². The quantitative estimate of drug-likeness (QED) is 0.798. The van der Waals surface area contributed by atoms with E-state index in [1.165, 1.54) is 18.2 Å². The third kappa shape index (κ3) is 2.54. The van der Waals surface area contributed by atoms with Crippen LogP contribution in [-0.2, 0) is 6.42 Å². The molecule has 0 bridgehead atoms.